The first-order chi connectivity index (χ1) is 8.63. The van der Waals surface area contributed by atoms with Gasteiger partial charge in [0, 0.05) is 30.3 Å². The first-order valence-electron chi connectivity index (χ1n) is 6.13. The quantitative estimate of drug-likeness (QED) is 0.323. The number of nitrogens with two attached hydrogens (primary N) is 1. The van der Waals surface area contributed by atoms with E-state index in [1.807, 2.05) is 31.2 Å². The van der Waals surface area contributed by atoms with Crippen LogP contribution in [0.15, 0.2) is 29.4 Å². The van der Waals surface area contributed by atoms with Gasteiger partial charge in [-0.2, -0.15) is 0 Å². The molecule has 0 bridgehead atoms. The van der Waals surface area contributed by atoms with Gasteiger partial charge in [-0.1, -0.05) is 17.3 Å². The Balaban J connectivity index is 2.25. The summed E-state index contributed by atoms with van der Waals surface area (Å²) in [5.74, 6) is 0.399. The number of para-hydroxylation sites is 1. The van der Waals surface area contributed by atoms with Gasteiger partial charge in [0.25, 0.3) is 0 Å². The number of anilines is 1. The Hall–Kier alpha value is -1.75. The lowest BCUT2D eigenvalue weighted by Crippen LogP contribution is -2.26. The van der Waals surface area contributed by atoms with Gasteiger partial charge in [-0.05, 0) is 25.5 Å². The second-order valence-corrected chi connectivity index (χ2v) is 4.74. The lowest BCUT2D eigenvalue weighted by atomic mass is 10.0. The Morgan fingerprint density at radius 1 is 1.50 bits per heavy atom. The first-order valence-corrected chi connectivity index (χ1v) is 6.13. The Morgan fingerprint density at radius 3 is 2.83 bits per heavy atom. The topological polar surface area (TPSA) is 82.1 Å². The molecule has 2 unspecified atom stereocenters. The number of aliphatic hydroxyl groups excluding tert-OH is 1. The van der Waals surface area contributed by atoms with Crippen LogP contribution in [0.25, 0.3) is 0 Å². The van der Waals surface area contributed by atoms with E-state index in [1.54, 1.807) is 0 Å². The second-order valence-electron chi connectivity index (χ2n) is 4.74. The van der Waals surface area contributed by atoms with Crippen molar-refractivity contribution in [2.24, 2.45) is 16.8 Å². The van der Waals surface area contributed by atoms with Crippen LogP contribution in [0.2, 0.25) is 0 Å². The molecule has 0 saturated carbocycles. The number of oxime groups is 1. The van der Waals surface area contributed by atoms with Gasteiger partial charge in [-0.3, -0.25) is 0 Å². The average Bonchev–Trinajstić information content (AvgIpc) is 2.87. The smallest absolute Gasteiger partial charge is 0.172 e. The Morgan fingerprint density at radius 2 is 2.22 bits per heavy atom. The lowest BCUT2D eigenvalue weighted by Gasteiger charge is -2.22. The van der Waals surface area contributed by atoms with Crippen LogP contribution in [0.3, 0.4) is 0 Å². The maximum Gasteiger partial charge on any atom is 0.172 e. The van der Waals surface area contributed by atoms with Crippen molar-refractivity contribution in [3.63, 3.8) is 0 Å². The molecule has 0 amide bonds. The van der Waals surface area contributed by atoms with Crippen molar-refractivity contribution in [1.29, 1.82) is 0 Å². The average molecular weight is 249 g/mol. The monoisotopic (exact) mass is 249 g/mol. The van der Waals surface area contributed by atoms with Crippen LogP contribution in [-0.4, -0.2) is 35.3 Å². The summed E-state index contributed by atoms with van der Waals surface area (Å²) in [7, 11) is 0. The normalized spacial score (nSPS) is 22.2. The lowest BCUT2D eigenvalue weighted by molar-refractivity contribution is 0.136. The second kappa shape index (κ2) is 5.27. The van der Waals surface area contributed by atoms with Gasteiger partial charge in [-0.15, -0.1) is 0 Å². The van der Waals surface area contributed by atoms with Crippen LogP contribution in [0.4, 0.5) is 5.69 Å². The maximum absolute atomic E-state index is 9.63. The van der Waals surface area contributed by atoms with Gasteiger partial charge in [-0.25, -0.2) is 0 Å². The number of rotatable bonds is 3. The highest BCUT2D eigenvalue weighted by Crippen LogP contribution is 2.28. The highest BCUT2D eigenvalue weighted by molar-refractivity contribution is 6.02. The Labute approximate surface area is 107 Å². The SMILES string of the molecule is CC(O)C1CCN(c2ccccc2/C(N)=N/O)C1. The van der Waals surface area contributed by atoms with Crippen molar-refractivity contribution in [2.45, 2.75) is 19.4 Å². The molecule has 5 nitrogen and oxygen atoms in total. The third-order valence-electron chi connectivity index (χ3n) is 3.54. The fraction of sp³-hybridized carbons (Fsp3) is 0.462. The van der Waals surface area contributed by atoms with Crippen LogP contribution in [-0.2, 0) is 0 Å². The number of hydrogen-bond acceptors (Lipinski definition) is 4. The standard InChI is InChI=1S/C13H19N3O2/c1-9(17)10-6-7-16(8-10)12-5-3-2-4-11(12)13(14)15-18/h2-5,9-10,17-18H,6-8H2,1H3,(H2,14,15). The predicted molar refractivity (Wildman–Crippen MR) is 71.0 cm³/mol. The van der Waals surface area contributed by atoms with Crippen LogP contribution in [0.1, 0.15) is 18.9 Å². The molecular formula is C13H19N3O2. The van der Waals surface area contributed by atoms with Crippen molar-refractivity contribution in [3.8, 4) is 0 Å². The first kappa shape index (κ1) is 12.7. The van der Waals surface area contributed by atoms with E-state index >= 15 is 0 Å². The molecule has 1 aliphatic heterocycles. The molecule has 1 saturated heterocycles. The van der Waals surface area contributed by atoms with E-state index in [1.165, 1.54) is 0 Å². The molecule has 1 heterocycles. The van der Waals surface area contributed by atoms with Crippen molar-refractivity contribution in [2.75, 3.05) is 18.0 Å². The van der Waals surface area contributed by atoms with Crippen molar-refractivity contribution in [3.05, 3.63) is 29.8 Å². The van der Waals surface area contributed by atoms with Crippen molar-refractivity contribution >= 4 is 11.5 Å². The predicted octanol–water partition coefficient (Wildman–Crippen LogP) is 0.988. The van der Waals surface area contributed by atoms with Crippen molar-refractivity contribution in [1.82, 2.24) is 0 Å². The highest BCUT2D eigenvalue weighted by Gasteiger charge is 2.27. The third kappa shape index (κ3) is 2.41. The van der Waals surface area contributed by atoms with E-state index < -0.39 is 0 Å². The molecule has 2 atom stereocenters. The molecule has 1 aromatic carbocycles. The molecule has 0 aliphatic carbocycles. The van der Waals surface area contributed by atoms with E-state index in [0.29, 0.717) is 0 Å². The maximum atomic E-state index is 9.63. The molecule has 18 heavy (non-hydrogen) atoms. The minimum atomic E-state index is -0.300. The van der Waals surface area contributed by atoms with Gasteiger partial charge < -0.3 is 20.9 Å². The van der Waals surface area contributed by atoms with E-state index in [2.05, 4.69) is 10.1 Å². The van der Waals surface area contributed by atoms with E-state index in [4.69, 9.17) is 10.9 Å². The highest BCUT2D eigenvalue weighted by atomic mass is 16.4. The molecule has 0 radical (unpaired) electrons. The van der Waals surface area contributed by atoms with Gasteiger partial charge in [0.2, 0.25) is 0 Å². The molecule has 1 aromatic rings. The zero-order valence-electron chi connectivity index (χ0n) is 10.5. The fourth-order valence-corrected chi connectivity index (χ4v) is 2.42. The van der Waals surface area contributed by atoms with E-state index in [0.717, 1.165) is 30.8 Å². The van der Waals surface area contributed by atoms with E-state index in [9.17, 15) is 5.11 Å². The fourth-order valence-electron chi connectivity index (χ4n) is 2.42. The summed E-state index contributed by atoms with van der Waals surface area (Å²) in [5, 5.41) is 21.5. The minimum absolute atomic E-state index is 0.117. The largest absolute Gasteiger partial charge is 0.409 e. The zero-order chi connectivity index (χ0) is 13.1. The summed E-state index contributed by atoms with van der Waals surface area (Å²) in [6, 6.07) is 7.58. The Kier molecular flexibility index (Phi) is 3.72. The van der Waals surface area contributed by atoms with E-state index in [-0.39, 0.29) is 17.9 Å². The molecule has 4 N–H and O–H groups in total. The van der Waals surface area contributed by atoms with Crippen LogP contribution >= 0.6 is 0 Å². The molecule has 5 heteroatoms. The molecule has 1 fully saturated rings. The van der Waals surface area contributed by atoms with Crippen LogP contribution in [0.5, 0.6) is 0 Å². The van der Waals surface area contributed by atoms with Gasteiger partial charge in [0.15, 0.2) is 5.84 Å². The van der Waals surface area contributed by atoms with Gasteiger partial charge >= 0.3 is 0 Å². The molecule has 98 valence electrons. The number of benzene rings is 1. The Bertz CT molecular complexity index is 446. The summed E-state index contributed by atoms with van der Waals surface area (Å²) < 4.78 is 0. The summed E-state index contributed by atoms with van der Waals surface area (Å²) in [6.45, 7) is 3.50. The molecular weight excluding hydrogens is 230 g/mol. The summed E-state index contributed by atoms with van der Waals surface area (Å²) in [6.07, 6.45) is 0.661. The van der Waals surface area contributed by atoms with Crippen molar-refractivity contribution < 1.29 is 10.3 Å². The van der Waals surface area contributed by atoms with Gasteiger partial charge in [0.1, 0.15) is 0 Å². The summed E-state index contributed by atoms with van der Waals surface area (Å²) in [5.41, 5.74) is 7.36. The number of aliphatic hydroxyl groups is 1. The molecule has 2 rings (SSSR count). The third-order valence-corrected chi connectivity index (χ3v) is 3.54. The summed E-state index contributed by atoms with van der Waals surface area (Å²) >= 11 is 0. The number of amidine groups is 1. The van der Waals surface area contributed by atoms with Crippen LogP contribution < -0.4 is 10.6 Å². The zero-order valence-corrected chi connectivity index (χ0v) is 10.5. The molecule has 0 aromatic heterocycles. The van der Waals surface area contributed by atoms with Gasteiger partial charge in [0.05, 0.1) is 6.10 Å². The van der Waals surface area contributed by atoms with Crippen LogP contribution in [0, 0.1) is 5.92 Å². The summed E-state index contributed by atoms with van der Waals surface area (Å²) in [4.78, 5) is 2.17. The molecule has 0 spiro atoms. The number of nitrogens with zero attached hydrogens (tertiary/aromatic N) is 2. The number of hydrogen-bond donors (Lipinski definition) is 3. The molecule has 1 aliphatic rings. The minimum Gasteiger partial charge on any atom is -0.409 e.